The lowest BCUT2D eigenvalue weighted by atomic mass is 10.2. The SMILES string of the molecule is COc1ccc(C(=O)NCc2ccc(S(=O)(=O)N3CCOCC3)cc2)cc1F. The van der Waals surface area contributed by atoms with E-state index in [0.717, 1.165) is 11.6 Å². The molecule has 2 aromatic rings. The second kappa shape index (κ2) is 8.68. The molecule has 0 saturated carbocycles. The van der Waals surface area contributed by atoms with Crippen molar-refractivity contribution < 1.29 is 27.1 Å². The summed E-state index contributed by atoms with van der Waals surface area (Å²) >= 11 is 0. The highest BCUT2D eigenvalue weighted by Crippen LogP contribution is 2.19. The van der Waals surface area contributed by atoms with Crippen LogP contribution in [0, 0.1) is 5.82 Å². The molecule has 3 rings (SSSR count). The number of rotatable bonds is 6. The molecule has 7 nitrogen and oxygen atoms in total. The molecule has 1 amide bonds. The molecule has 0 spiro atoms. The third-order valence-electron chi connectivity index (χ3n) is 4.40. The minimum absolute atomic E-state index is 0.0635. The molecule has 1 N–H and O–H groups in total. The number of halogens is 1. The normalized spacial score (nSPS) is 15.2. The lowest BCUT2D eigenvalue weighted by Crippen LogP contribution is -2.40. The van der Waals surface area contributed by atoms with Gasteiger partial charge in [0.15, 0.2) is 11.6 Å². The molecule has 9 heteroatoms. The van der Waals surface area contributed by atoms with E-state index in [1.54, 1.807) is 12.1 Å². The number of nitrogens with one attached hydrogen (secondary N) is 1. The van der Waals surface area contributed by atoms with E-state index in [-0.39, 0.29) is 22.8 Å². The van der Waals surface area contributed by atoms with Gasteiger partial charge in [-0.3, -0.25) is 4.79 Å². The van der Waals surface area contributed by atoms with Gasteiger partial charge in [0.2, 0.25) is 10.0 Å². The monoisotopic (exact) mass is 408 g/mol. The molecule has 28 heavy (non-hydrogen) atoms. The summed E-state index contributed by atoms with van der Waals surface area (Å²) in [4.78, 5) is 12.4. The van der Waals surface area contributed by atoms with Crippen LogP contribution >= 0.6 is 0 Å². The summed E-state index contributed by atoms with van der Waals surface area (Å²) in [6.45, 7) is 1.62. The van der Waals surface area contributed by atoms with Crippen molar-refractivity contribution in [1.29, 1.82) is 0 Å². The first-order valence-corrected chi connectivity index (χ1v) is 10.1. The van der Waals surface area contributed by atoms with Crippen LogP contribution in [0.3, 0.4) is 0 Å². The van der Waals surface area contributed by atoms with Crippen molar-refractivity contribution in [3.8, 4) is 5.75 Å². The average Bonchev–Trinajstić information content (AvgIpc) is 2.73. The second-order valence-corrected chi connectivity index (χ2v) is 8.13. The summed E-state index contributed by atoms with van der Waals surface area (Å²) in [5.74, 6) is -0.993. The van der Waals surface area contributed by atoms with Crippen molar-refractivity contribution >= 4 is 15.9 Å². The van der Waals surface area contributed by atoms with Gasteiger partial charge in [-0.25, -0.2) is 12.8 Å². The summed E-state index contributed by atoms with van der Waals surface area (Å²) in [5.41, 5.74) is 0.896. The maximum atomic E-state index is 13.7. The summed E-state index contributed by atoms with van der Waals surface area (Å²) in [7, 11) is -2.20. The Morgan fingerprint density at radius 2 is 1.86 bits per heavy atom. The zero-order valence-corrected chi connectivity index (χ0v) is 16.2. The molecular weight excluding hydrogens is 387 g/mol. The molecule has 0 unspecified atom stereocenters. The van der Waals surface area contributed by atoms with Gasteiger partial charge in [-0.05, 0) is 35.9 Å². The summed E-state index contributed by atoms with van der Waals surface area (Å²) in [6.07, 6.45) is 0. The van der Waals surface area contributed by atoms with Crippen molar-refractivity contribution in [2.75, 3.05) is 33.4 Å². The second-order valence-electron chi connectivity index (χ2n) is 6.19. The average molecular weight is 408 g/mol. The Morgan fingerprint density at radius 3 is 2.46 bits per heavy atom. The van der Waals surface area contributed by atoms with E-state index in [4.69, 9.17) is 9.47 Å². The number of sulfonamides is 1. The number of nitrogens with zero attached hydrogens (tertiary/aromatic N) is 1. The number of hydrogen-bond donors (Lipinski definition) is 1. The first-order chi connectivity index (χ1) is 13.4. The standard InChI is InChI=1S/C19H21FN2O5S/c1-26-18-7-4-15(12-17(18)20)19(23)21-13-14-2-5-16(6-3-14)28(24,25)22-8-10-27-11-9-22/h2-7,12H,8-11,13H2,1H3,(H,21,23). The largest absolute Gasteiger partial charge is 0.494 e. The zero-order valence-electron chi connectivity index (χ0n) is 15.4. The van der Waals surface area contributed by atoms with Gasteiger partial charge in [0.1, 0.15) is 0 Å². The van der Waals surface area contributed by atoms with Gasteiger partial charge in [-0.1, -0.05) is 12.1 Å². The first kappa shape index (κ1) is 20.2. The van der Waals surface area contributed by atoms with Crippen LogP contribution in [-0.4, -0.2) is 52.0 Å². The summed E-state index contributed by atoms with van der Waals surface area (Å²) in [6, 6.07) is 10.3. The van der Waals surface area contributed by atoms with Crippen LogP contribution < -0.4 is 10.1 Å². The van der Waals surface area contributed by atoms with Crippen molar-refractivity contribution in [3.05, 3.63) is 59.4 Å². The van der Waals surface area contributed by atoms with Gasteiger partial charge in [0.25, 0.3) is 5.91 Å². The molecule has 1 aliphatic heterocycles. The lowest BCUT2D eigenvalue weighted by molar-refractivity contribution is 0.0730. The number of carbonyl (C=O) groups is 1. The van der Waals surface area contributed by atoms with Gasteiger partial charge >= 0.3 is 0 Å². The minimum Gasteiger partial charge on any atom is -0.494 e. The first-order valence-electron chi connectivity index (χ1n) is 8.70. The van der Waals surface area contributed by atoms with Gasteiger partial charge in [-0.2, -0.15) is 4.31 Å². The molecule has 1 fully saturated rings. The minimum atomic E-state index is -3.55. The molecule has 150 valence electrons. The van der Waals surface area contributed by atoms with Crippen LogP contribution in [0.25, 0.3) is 0 Å². The number of ether oxygens (including phenoxy) is 2. The van der Waals surface area contributed by atoms with Crippen LogP contribution in [0.15, 0.2) is 47.4 Å². The number of carbonyl (C=O) groups excluding carboxylic acids is 1. The van der Waals surface area contributed by atoms with Crippen molar-refractivity contribution in [3.63, 3.8) is 0 Å². The smallest absolute Gasteiger partial charge is 0.251 e. The molecule has 0 atom stereocenters. The highest BCUT2D eigenvalue weighted by molar-refractivity contribution is 7.89. The molecule has 0 radical (unpaired) electrons. The predicted molar refractivity (Wildman–Crippen MR) is 100 cm³/mol. The van der Waals surface area contributed by atoms with Crippen molar-refractivity contribution in [2.24, 2.45) is 0 Å². The van der Waals surface area contributed by atoms with E-state index in [9.17, 15) is 17.6 Å². The third kappa shape index (κ3) is 4.49. The Kier molecular flexibility index (Phi) is 6.28. The molecular formula is C19H21FN2O5S. The quantitative estimate of drug-likeness (QED) is 0.788. The predicted octanol–water partition coefficient (Wildman–Crippen LogP) is 1.79. The fourth-order valence-corrected chi connectivity index (χ4v) is 4.22. The third-order valence-corrected chi connectivity index (χ3v) is 6.31. The molecule has 0 aliphatic carbocycles. The highest BCUT2D eigenvalue weighted by atomic mass is 32.2. The molecule has 1 aliphatic rings. The Morgan fingerprint density at radius 1 is 1.18 bits per heavy atom. The topological polar surface area (TPSA) is 84.9 Å². The highest BCUT2D eigenvalue weighted by Gasteiger charge is 2.26. The lowest BCUT2D eigenvalue weighted by Gasteiger charge is -2.26. The van der Waals surface area contributed by atoms with E-state index in [1.807, 2.05) is 0 Å². The molecule has 2 aromatic carbocycles. The molecule has 1 heterocycles. The number of benzene rings is 2. The molecule has 1 saturated heterocycles. The maximum absolute atomic E-state index is 13.7. The van der Waals surface area contributed by atoms with Crippen LogP contribution in [0.1, 0.15) is 15.9 Å². The van der Waals surface area contributed by atoms with E-state index < -0.39 is 21.7 Å². The fraction of sp³-hybridized carbons (Fsp3) is 0.316. The Balaban J connectivity index is 1.63. The number of methoxy groups -OCH3 is 1. The molecule has 0 bridgehead atoms. The Hall–Kier alpha value is -2.49. The number of amides is 1. The zero-order chi connectivity index (χ0) is 20.1. The fourth-order valence-electron chi connectivity index (χ4n) is 2.81. The van der Waals surface area contributed by atoms with E-state index in [2.05, 4.69) is 5.32 Å². The van der Waals surface area contributed by atoms with E-state index >= 15 is 0 Å². The van der Waals surface area contributed by atoms with E-state index in [1.165, 1.54) is 35.7 Å². The van der Waals surface area contributed by atoms with Gasteiger partial charge in [-0.15, -0.1) is 0 Å². The Bertz CT molecular complexity index is 941. The van der Waals surface area contributed by atoms with Gasteiger partial charge < -0.3 is 14.8 Å². The van der Waals surface area contributed by atoms with Crippen LogP contribution in [0.4, 0.5) is 4.39 Å². The summed E-state index contributed by atoms with van der Waals surface area (Å²) < 4.78 is 50.3. The number of morpholine rings is 1. The van der Waals surface area contributed by atoms with E-state index in [0.29, 0.717) is 26.3 Å². The molecule has 0 aromatic heterocycles. The Labute approximate surface area is 163 Å². The van der Waals surface area contributed by atoms with Gasteiger partial charge in [0, 0.05) is 25.2 Å². The summed E-state index contributed by atoms with van der Waals surface area (Å²) in [5, 5.41) is 2.68. The van der Waals surface area contributed by atoms with Gasteiger partial charge in [0.05, 0.1) is 25.2 Å². The maximum Gasteiger partial charge on any atom is 0.251 e. The van der Waals surface area contributed by atoms with Crippen LogP contribution in [0.2, 0.25) is 0 Å². The van der Waals surface area contributed by atoms with Crippen LogP contribution in [0.5, 0.6) is 5.75 Å². The van der Waals surface area contributed by atoms with Crippen molar-refractivity contribution in [2.45, 2.75) is 11.4 Å². The number of hydrogen-bond acceptors (Lipinski definition) is 5. The van der Waals surface area contributed by atoms with Crippen molar-refractivity contribution in [1.82, 2.24) is 9.62 Å². The van der Waals surface area contributed by atoms with Crippen LogP contribution in [-0.2, 0) is 21.3 Å².